The lowest BCUT2D eigenvalue weighted by atomic mass is 10.1. The highest BCUT2D eigenvalue weighted by molar-refractivity contribution is 14.0. The van der Waals surface area contributed by atoms with E-state index >= 15 is 0 Å². The highest BCUT2D eigenvalue weighted by atomic mass is 127. The SMILES string of the molecule is CCCCCNC(=NC)N1CCC(COCCOC)C1.I. The average molecular weight is 413 g/mol. The van der Waals surface area contributed by atoms with Crippen molar-refractivity contribution in [3.8, 4) is 0 Å². The van der Waals surface area contributed by atoms with Gasteiger partial charge in [-0.2, -0.15) is 0 Å². The Kier molecular flexibility index (Phi) is 13.5. The largest absolute Gasteiger partial charge is 0.382 e. The second kappa shape index (κ2) is 13.6. The minimum absolute atomic E-state index is 0. The van der Waals surface area contributed by atoms with Gasteiger partial charge in [-0.15, -0.1) is 24.0 Å². The lowest BCUT2D eigenvalue weighted by molar-refractivity contribution is 0.0536. The molecule has 0 radical (unpaired) electrons. The number of aliphatic imine (C=N–C) groups is 1. The quantitative estimate of drug-likeness (QED) is 0.273. The van der Waals surface area contributed by atoms with Gasteiger partial charge in [-0.05, 0) is 12.8 Å². The predicted molar refractivity (Wildman–Crippen MR) is 98.7 cm³/mol. The van der Waals surface area contributed by atoms with E-state index in [1.807, 2.05) is 7.05 Å². The fourth-order valence-electron chi connectivity index (χ4n) is 2.46. The maximum atomic E-state index is 5.62. The summed E-state index contributed by atoms with van der Waals surface area (Å²) in [7, 11) is 3.57. The molecule has 1 unspecified atom stereocenters. The molecule has 1 fully saturated rings. The van der Waals surface area contributed by atoms with E-state index in [9.17, 15) is 0 Å². The molecule has 1 saturated heterocycles. The third-order valence-corrected chi connectivity index (χ3v) is 3.65. The standard InChI is InChI=1S/C15H31N3O2.HI/c1-4-5-6-8-17-15(16-2)18-9-7-14(12-18)13-20-11-10-19-3;/h14H,4-13H2,1-3H3,(H,16,17);1H. The number of methoxy groups -OCH3 is 1. The zero-order chi connectivity index (χ0) is 14.6. The summed E-state index contributed by atoms with van der Waals surface area (Å²) in [4.78, 5) is 6.73. The van der Waals surface area contributed by atoms with Crippen LogP contribution < -0.4 is 5.32 Å². The fourth-order valence-corrected chi connectivity index (χ4v) is 2.46. The lowest BCUT2D eigenvalue weighted by Crippen LogP contribution is -2.40. The molecule has 1 aliphatic rings. The Bertz CT molecular complexity index is 278. The van der Waals surface area contributed by atoms with Gasteiger partial charge in [0.25, 0.3) is 0 Å². The van der Waals surface area contributed by atoms with E-state index in [2.05, 4.69) is 22.1 Å². The summed E-state index contributed by atoms with van der Waals surface area (Å²) in [5.41, 5.74) is 0. The van der Waals surface area contributed by atoms with Crippen molar-refractivity contribution >= 4 is 29.9 Å². The van der Waals surface area contributed by atoms with Gasteiger partial charge in [0.1, 0.15) is 0 Å². The molecule has 126 valence electrons. The van der Waals surface area contributed by atoms with E-state index in [0.29, 0.717) is 19.1 Å². The first-order chi connectivity index (χ1) is 9.81. The summed E-state index contributed by atoms with van der Waals surface area (Å²) in [6.45, 7) is 7.56. The molecule has 1 rings (SSSR count). The van der Waals surface area contributed by atoms with Crippen molar-refractivity contribution in [1.82, 2.24) is 10.2 Å². The van der Waals surface area contributed by atoms with Crippen molar-refractivity contribution in [2.45, 2.75) is 32.6 Å². The van der Waals surface area contributed by atoms with E-state index < -0.39 is 0 Å². The molecule has 0 aliphatic carbocycles. The molecule has 1 heterocycles. The minimum Gasteiger partial charge on any atom is -0.382 e. The Morgan fingerprint density at radius 1 is 1.33 bits per heavy atom. The third kappa shape index (κ3) is 8.83. The van der Waals surface area contributed by atoms with E-state index in [1.54, 1.807) is 7.11 Å². The molecule has 1 aliphatic heterocycles. The maximum absolute atomic E-state index is 5.62. The molecule has 0 aromatic carbocycles. The zero-order valence-electron chi connectivity index (χ0n) is 13.8. The van der Waals surface area contributed by atoms with Gasteiger partial charge in [0.15, 0.2) is 5.96 Å². The number of halogens is 1. The summed E-state index contributed by atoms with van der Waals surface area (Å²) >= 11 is 0. The van der Waals surface area contributed by atoms with Crippen LogP contribution in [0.4, 0.5) is 0 Å². The van der Waals surface area contributed by atoms with Gasteiger partial charge in [0.05, 0.1) is 19.8 Å². The van der Waals surface area contributed by atoms with E-state index in [1.165, 1.54) is 25.7 Å². The van der Waals surface area contributed by atoms with Crippen LogP contribution in [-0.4, -0.2) is 64.5 Å². The van der Waals surface area contributed by atoms with Crippen LogP contribution >= 0.6 is 24.0 Å². The Balaban J connectivity index is 0.00000400. The molecule has 0 spiro atoms. The first kappa shape index (κ1) is 20.9. The van der Waals surface area contributed by atoms with Crippen LogP contribution in [0.5, 0.6) is 0 Å². The van der Waals surface area contributed by atoms with Crippen LogP contribution in [0.3, 0.4) is 0 Å². The van der Waals surface area contributed by atoms with Gasteiger partial charge in [0, 0.05) is 39.7 Å². The van der Waals surface area contributed by atoms with Gasteiger partial charge in [-0.1, -0.05) is 19.8 Å². The Morgan fingerprint density at radius 2 is 2.14 bits per heavy atom. The summed E-state index contributed by atoms with van der Waals surface area (Å²) in [6, 6.07) is 0. The number of nitrogens with one attached hydrogen (secondary N) is 1. The van der Waals surface area contributed by atoms with E-state index in [-0.39, 0.29) is 24.0 Å². The molecule has 5 nitrogen and oxygen atoms in total. The van der Waals surface area contributed by atoms with Crippen molar-refractivity contribution in [2.24, 2.45) is 10.9 Å². The maximum Gasteiger partial charge on any atom is 0.193 e. The van der Waals surface area contributed by atoms with Gasteiger partial charge >= 0.3 is 0 Å². The monoisotopic (exact) mass is 413 g/mol. The van der Waals surface area contributed by atoms with Gasteiger partial charge in [0.2, 0.25) is 0 Å². The molecule has 1 atom stereocenters. The van der Waals surface area contributed by atoms with Crippen molar-refractivity contribution in [3.63, 3.8) is 0 Å². The van der Waals surface area contributed by atoms with Crippen molar-refractivity contribution in [3.05, 3.63) is 0 Å². The van der Waals surface area contributed by atoms with Crippen molar-refractivity contribution in [1.29, 1.82) is 0 Å². The fraction of sp³-hybridized carbons (Fsp3) is 0.933. The smallest absolute Gasteiger partial charge is 0.193 e. The Hall–Kier alpha value is -0.0800. The molecule has 21 heavy (non-hydrogen) atoms. The van der Waals surface area contributed by atoms with E-state index in [0.717, 1.165) is 32.2 Å². The van der Waals surface area contributed by atoms with E-state index in [4.69, 9.17) is 9.47 Å². The first-order valence-electron chi connectivity index (χ1n) is 7.84. The normalized spacial score (nSPS) is 18.7. The summed E-state index contributed by atoms with van der Waals surface area (Å²) in [5.74, 6) is 1.65. The number of hydrogen-bond acceptors (Lipinski definition) is 3. The van der Waals surface area contributed by atoms with Crippen LogP contribution in [0.25, 0.3) is 0 Å². The average Bonchev–Trinajstić information content (AvgIpc) is 2.92. The highest BCUT2D eigenvalue weighted by Gasteiger charge is 2.24. The molecule has 0 aromatic rings. The minimum atomic E-state index is 0. The Morgan fingerprint density at radius 3 is 2.81 bits per heavy atom. The first-order valence-corrected chi connectivity index (χ1v) is 7.84. The molecule has 0 saturated carbocycles. The number of rotatable bonds is 9. The van der Waals surface area contributed by atoms with Crippen LogP contribution in [0.15, 0.2) is 4.99 Å². The molecule has 0 bridgehead atoms. The summed E-state index contributed by atoms with van der Waals surface area (Å²) in [5, 5.41) is 3.46. The molecule has 1 N–H and O–H groups in total. The molecular formula is C15H32IN3O2. The predicted octanol–water partition coefficient (Wildman–Crippen LogP) is 2.35. The number of unbranched alkanes of at least 4 members (excludes halogenated alkanes) is 2. The van der Waals surface area contributed by atoms with Crippen molar-refractivity contribution in [2.75, 3.05) is 53.6 Å². The topological polar surface area (TPSA) is 46.1 Å². The molecule has 0 aromatic heterocycles. The van der Waals surface area contributed by atoms with Gasteiger partial charge in [-0.3, -0.25) is 4.99 Å². The zero-order valence-corrected chi connectivity index (χ0v) is 16.1. The van der Waals surface area contributed by atoms with Crippen LogP contribution in [0.1, 0.15) is 32.6 Å². The van der Waals surface area contributed by atoms with Gasteiger partial charge in [-0.25, -0.2) is 0 Å². The van der Waals surface area contributed by atoms with Crippen molar-refractivity contribution < 1.29 is 9.47 Å². The molecule has 6 heteroatoms. The summed E-state index contributed by atoms with van der Waals surface area (Å²) in [6.07, 6.45) is 4.93. The second-order valence-electron chi connectivity index (χ2n) is 5.35. The lowest BCUT2D eigenvalue weighted by Gasteiger charge is -2.21. The Labute approximate surface area is 146 Å². The van der Waals surface area contributed by atoms with Crippen LogP contribution in [-0.2, 0) is 9.47 Å². The second-order valence-corrected chi connectivity index (χ2v) is 5.35. The molecule has 0 amide bonds. The number of hydrogen-bond donors (Lipinski definition) is 1. The van der Waals surface area contributed by atoms with Gasteiger partial charge < -0.3 is 19.7 Å². The number of ether oxygens (including phenoxy) is 2. The number of likely N-dealkylation sites (tertiary alicyclic amines) is 1. The van der Waals surface area contributed by atoms with Crippen LogP contribution in [0, 0.1) is 5.92 Å². The summed E-state index contributed by atoms with van der Waals surface area (Å²) < 4.78 is 10.6. The van der Waals surface area contributed by atoms with Crippen LogP contribution in [0.2, 0.25) is 0 Å². The molecular weight excluding hydrogens is 381 g/mol. The highest BCUT2D eigenvalue weighted by Crippen LogP contribution is 2.16. The number of nitrogens with zero attached hydrogens (tertiary/aromatic N) is 2. The number of guanidine groups is 1. The third-order valence-electron chi connectivity index (χ3n) is 3.65.